The Hall–Kier alpha value is -4.06. The minimum atomic E-state index is -0.168. The zero-order valence-corrected chi connectivity index (χ0v) is 18.8. The molecule has 0 unspecified atom stereocenters. The Morgan fingerprint density at radius 3 is 2.73 bits per heavy atom. The first-order valence-electron chi connectivity index (χ1n) is 11.2. The summed E-state index contributed by atoms with van der Waals surface area (Å²) in [6, 6.07) is 21.9. The van der Waals surface area contributed by atoms with Crippen LogP contribution in [0.5, 0.6) is 5.75 Å². The minimum Gasteiger partial charge on any atom is -0.494 e. The standard InChI is InChI=1S/C27H26N4O2/c1-3-33-21-11-12-23-20(16-21)17-22(27(32)29-23)24-26(28-14-13-19-9-5-4-6-10-19)31-15-7-8-18(2)25(31)30-24/h4-12,15-17,28H,3,13-14H2,1-2H3,(H,29,32). The number of rotatable bonds is 7. The summed E-state index contributed by atoms with van der Waals surface area (Å²) in [6.07, 6.45) is 2.84. The van der Waals surface area contributed by atoms with Crippen LogP contribution in [0.15, 0.2) is 77.7 Å². The van der Waals surface area contributed by atoms with Crippen LogP contribution >= 0.6 is 0 Å². The van der Waals surface area contributed by atoms with Crippen LogP contribution in [0, 0.1) is 6.92 Å². The lowest BCUT2D eigenvalue weighted by atomic mass is 10.1. The second-order valence-corrected chi connectivity index (χ2v) is 8.05. The number of aromatic nitrogens is 3. The molecule has 0 bridgehead atoms. The van der Waals surface area contributed by atoms with Crippen LogP contribution in [-0.2, 0) is 6.42 Å². The van der Waals surface area contributed by atoms with Crippen LogP contribution in [-0.4, -0.2) is 27.5 Å². The summed E-state index contributed by atoms with van der Waals surface area (Å²) >= 11 is 0. The van der Waals surface area contributed by atoms with Crippen molar-refractivity contribution in [3.63, 3.8) is 0 Å². The van der Waals surface area contributed by atoms with Crippen molar-refractivity contribution >= 4 is 22.4 Å². The second-order valence-electron chi connectivity index (χ2n) is 8.05. The molecule has 2 N–H and O–H groups in total. The lowest BCUT2D eigenvalue weighted by Gasteiger charge is -2.10. The summed E-state index contributed by atoms with van der Waals surface area (Å²) in [6.45, 7) is 5.29. The molecule has 0 aliphatic carbocycles. The number of pyridine rings is 2. The highest BCUT2D eigenvalue weighted by Crippen LogP contribution is 2.30. The van der Waals surface area contributed by atoms with Gasteiger partial charge in [-0.2, -0.15) is 0 Å². The van der Waals surface area contributed by atoms with Crippen molar-refractivity contribution in [3.05, 3.63) is 94.4 Å². The second kappa shape index (κ2) is 8.82. The molecule has 33 heavy (non-hydrogen) atoms. The molecule has 0 amide bonds. The van der Waals surface area contributed by atoms with Gasteiger partial charge in [0, 0.05) is 23.6 Å². The number of aromatic amines is 1. The van der Waals surface area contributed by atoms with Gasteiger partial charge >= 0.3 is 0 Å². The Morgan fingerprint density at radius 2 is 1.91 bits per heavy atom. The highest BCUT2D eigenvalue weighted by atomic mass is 16.5. The Labute approximate surface area is 191 Å². The quantitative estimate of drug-likeness (QED) is 0.366. The summed E-state index contributed by atoms with van der Waals surface area (Å²) < 4.78 is 7.67. The number of benzene rings is 2. The van der Waals surface area contributed by atoms with Gasteiger partial charge in [0.2, 0.25) is 0 Å². The fourth-order valence-corrected chi connectivity index (χ4v) is 4.15. The number of hydrogen-bond donors (Lipinski definition) is 2. The molecule has 3 aromatic heterocycles. The lowest BCUT2D eigenvalue weighted by Crippen LogP contribution is -2.12. The zero-order chi connectivity index (χ0) is 22.8. The monoisotopic (exact) mass is 438 g/mol. The highest BCUT2D eigenvalue weighted by molar-refractivity contribution is 5.87. The highest BCUT2D eigenvalue weighted by Gasteiger charge is 2.18. The van der Waals surface area contributed by atoms with E-state index in [-0.39, 0.29) is 5.56 Å². The molecular weight excluding hydrogens is 412 g/mol. The van der Waals surface area contributed by atoms with Gasteiger partial charge in [-0.25, -0.2) is 4.98 Å². The van der Waals surface area contributed by atoms with Crippen LogP contribution in [0.3, 0.4) is 0 Å². The Morgan fingerprint density at radius 1 is 1.06 bits per heavy atom. The van der Waals surface area contributed by atoms with Crippen LogP contribution < -0.4 is 15.6 Å². The van der Waals surface area contributed by atoms with Crippen LogP contribution in [0.25, 0.3) is 27.8 Å². The number of nitrogens with one attached hydrogen (secondary N) is 2. The van der Waals surface area contributed by atoms with Crippen molar-refractivity contribution in [2.24, 2.45) is 0 Å². The number of imidazole rings is 1. The van der Waals surface area contributed by atoms with E-state index in [9.17, 15) is 4.79 Å². The Bertz CT molecular complexity index is 1490. The van der Waals surface area contributed by atoms with Crippen molar-refractivity contribution in [1.82, 2.24) is 14.4 Å². The van der Waals surface area contributed by atoms with Crippen molar-refractivity contribution in [1.29, 1.82) is 0 Å². The molecule has 0 aliphatic rings. The molecule has 166 valence electrons. The number of aryl methyl sites for hydroxylation is 1. The topological polar surface area (TPSA) is 71.4 Å². The fourth-order valence-electron chi connectivity index (χ4n) is 4.15. The molecular formula is C27H26N4O2. The third kappa shape index (κ3) is 4.07. The first-order valence-corrected chi connectivity index (χ1v) is 11.2. The average molecular weight is 439 g/mol. The van der Waals surface area contributed by atoms with Gasteiger partial charge in [-0.05, 0) is 61.7 Å². The summed E-state index contributed by atoms with van der Waals surface area (Å²) in [5.41, 5.74) is 4.90. The largest absolute Gasteiger partial charge is 0.494 e. The number of hydrogen-bond acceptors (Lipinski definition) is 4. The van der Waals surface area contributed by atoms with Gasteiger partial charge in [-0.1, -0.05) is 36.4 Å². The van der Waals surface area contributed by atoms with Crippen LogP contribution in [0.4, 0.5) is 5.82 Å². The van der Waals surface area contributed by atoms with E-state index in [1.54, 1.807) is 0 Å². The third-order valence-electron chi connectivity index (χ3n) is 5.78. The third-order valence-corrected chi connectivity index (χ3v) is 5.78. The molecule has 0 fully saturated rings. The fraction of sp³-hybridized carbons (Fsp3) is 0.185. The van der Waals surface area contributed by atoms with Gasteiger partial charge in [-0.3, -0.25) is 9.20 Å². The van der Waals surface area contributed by atoms with Crippen molar-refractivity contribution in [2.75, 3.05) is 18.5 Å². The van der Waals surface area contributed by atoms with E-state index in [0.717, 1.165) is 46.6 Å². The lowest BCUT2D eigenvalue weighted by molar-refractivity contribution is 0.340. The summed E-state index contributed by atoms with van der Waals surface area (Å²) in [7, 11) is 0. The normalized spacial score (nSPS) is 11.2. The predicted octanol–water partition coefficient (Wildman–Crippen LogP) is 5.20. The maximum Gasteiger partial charge on any atom is 0.258 e. The molecule has 0 saturated heterocycles. The van der Waals surface area contributed by atoms with Crippen LogP contribution in [0.2, 0.25) is 0 Å². The number of fused-ring (bicyclic) bond motifs is 2. The predicted molar refractivity (Wildman–Crippen MR) is 133 cm³/mol. The first-order chi connectivity index (χ1) is 16.1. The van der Waals surface area contributed by atoms with Gasteiger partial charge in [0.1, 0.15) is 22.9 Å². The number of H-pyrrole nitrogens is 1. The van der Waals surface area contributed by atoms with Crippen molar-refractivity contribution in [2.45, 2.75) is 20.3 Å². The van der Waals surface area contributed by atoms with Crippen LogP contribution in [0.1, 0.15) is 18.1 Å². The molecule has 0 aliphatic heterocycles. The number of ether oxygens (including phenoxy) is 1. The summed E-state index contributed by atoms with van der Waals surface area (Å²) in [5, 5.41) is 4.44. The van der Waals surface area contributed by atoms with E-state index in [2.05, 4.69) is 22.4 Å². The molecule has 0 atom stereocenters. The van der Waals surface area contributed by atoms with Crippen molar-refractivity contribution < 1.29 is 4.74 Å². The molecule has 0 spiro atoms. The molecule has 0 saturated carbocycles. The molecule has 6 nitrogen and oxygen atoms in total. The number of nitrogens with zero attached hydrogens (tertiary/aromatic N) is 2. The summed E-state index contributed by atoms with van der Waals surface area (Å²) in [5.74, 6) is 1.59. The minimum absolute atomic E-state index is 0.168. The molecule has 6 heteroatoms. The molecule has 3 heterocycles. The maximum absolute atomic E-state index is 13.1. The molecule has 0 radical (unpaired) electrons. The van der Waals surface area contributed by atoms with Gasteiger partial charge in [0.15, 0.2) is 0 Å². The van der Waals surface area contributed by atoms with Gasteiger partial charge in [0.25, 0.3) is 5.56 Å². The van der Waals surface area contributed by atoms with E-state index < -0.39 is 0 Å². The summed E-state index contributed by atoms with van der Waals surface area (Å²) in [4.78, 5) is 21.0. The Balaban J connectivity index is 1.60. The van der Waals surface area contributed by atoms with E-state index >= 15 is 0 Å². The first kappa shape index (κ1) is 20.8. The van der Waals surface area contributed by atoms with Gasteiger partial charge in [-0.15, -0.1) is 0 Å². The number of anilines is 1. The molecule has 2 aromatic carbocycles. The van der Waals surface area contributed by atoms with E-state index in [0.29, 0.717) is 17.9 Å². The van der Waals surface area contributed by atoms with Crippen molar-refractivity contribution in [3.8, 4) is 17.0 Å². The van der Waals surface area contributed by atoms with E-state index in [1.807, 2.05) is 79.0 Å². The molecule has 5 rings (SSSR count). The van der Waals surface area contributed by atoms with E-state index in [4.69, 9.17) is 9.72 Å². The maximum atomic E-state index is 13.1. The molecule has 5 aromatic rings. The average Bonchev–Trinajstić information content (AvgIpc) is 3.19. The smallest absolute Gasteiger partial charge is 0.258 e. The van der Waals surface area contributed by atoms with E-state index in [1.165, 1.54) is 5.56 Å². The SMILES string of the molecule is CCOc1ccc2[nH]c(=O)c(-c3nc4c(C)cccn4c3NCCc3ccccc3)cc2c1. The zero-order valence-electron chi connectivity index (χ0n) is 18.8. The Kier molecular flexibility index (Phi) is 5.57. The van der Waals surface area contributed by atoms with Gasteiger partial charge < -0.3 is 15.0 Å². The van der Waals surface area contributed by atoms with Gasteiger partial charge in [0.05, 0.1) is 12.2 Å².